The van der Waals surface area contributed by atoms with Crippen molar-refractivity contribution in [3.63, 3.8) is 0 Å². The van der Waals surface area contributed by atoms with Crippen LogP contribution in [0.1, 0.15) is 36.7 Å². The van der Waals surface area contributed by atoms with E-state index in [0.29, 0.717) is 46.7 Å². The molecule has 0 unspecified atom stereocenters. The molecule has 4 heterocycles. The second-order valence-corrected chi connectivity index (χ2v) is 10.5. The van der Waals surface area contributed by atoms with E-state index in [4.69, 9.17) is 25.9 Å². The Kier molecular flexibility index (Phi) is 7.55. The first kappa shape index (κ1) is 24.0. The fourth-order valence-electron chi connectivity index (χ4n) is 3.89. The van der Waals surface area contributed by atoms with Crippen LogP contribution in [0, 0.1) is 0 Å². The number of amides is 2. The van der Waals surface area contributed by atoms with Gasteiger partial charge < -0.3 is 24.5 Å². The first-order valence-electron chi connectivity index (χ1n) is 10.5. The minimum atomic E-state index is -0.729. The highest BCUT2D eigenvalue weighted by Crippen LogP contribution is 2.30. The van der Waals surface area contributed by atoms with Crippen LogP contribution < -0.4 is 5.32 Å². The second-order valence-electron chi connectivity index (χ2n) is 7.61. The maximum absolute atomic E-state index is 13.2. The lowest BCUT2D eigenvalue weighted by molar-refractivity contribution is -0.136. The predicted octanol–water partition coefficient (Wildman–Crippen LogP) is 3.18. The van der Waals surface area contributed by atoms with E-state index in [1.165, 1.54) is 22.7 Å². The summed E-state index contributed by atoms with van der Waals surface area (Å²) in [5, 5.41) is 4.50. The molecule has 2 amide bonds. The summed E-state index contributed by atoms with van der Waals surface area (Å²) in [6.07, 6.45) is -0.362. The average Bonchev–Trinajstić information content (AvgIpc) is 3.51. The van der Waals surface area contributed by atoms with Gasteiger partial charge in [-0.3, -0.25) is 9.59 Å². The standard InChI is InChI=1S/C21H24ClN3O6S2/c1-3-30-21(28)31-25-7-6-15-12(9-25)8-17(32-15)20(27)24-10-13(14(11-24)29-2)23-19(26)16-4-5-18(22)33-16/h4-5,8,13-14H,3,6-7,9-11H2,1-2H3,(H,23,26)/t13-,14-/m0/s1. The molecule has 12 heteroatoms. The number of hydroxylamine groups is 2. The van der Waals surface area contributed by atoms with Crippen molar-refractivity contribution >= 4 is 52.2 Å². The summed E-state index contributed by atoms with van der Waals surface area (Å²) in [4.78, 5) is 46.4. The monoisotopic (exact) mass is 513 g/mol. The topological polar surface area (TPSA) is 97.4 Å². The lowest BCUT2D eigenvalue weighted by Gasteiger charge is -2.24. The van der Waals surface area contributed by atoms with Crippen LogP contribution in [-0.4, -0.2) is 73.4 Å². The number of likely N-dealkylation sites (tertiary alicyclic amines) is 1. The Labute approximate surface area is 204 Å². The van der Waals surface area contributed by atoms with Crippen molar-refractivity contribution < 1.29 is 28.7 Å². The maximum Gasteiger partial charge on any atom is 0.527 e. The molecule has 2 atom stereocenters. The van der Waals surface area contributed by atoms with E-state index in [9.17, 15) is 14.4 Å². The molecule has 178 valence electrons. The molecule has 4 rings (SSSR count). The van der Waals surface area contributed by atoms with Crippen molar-refractivity contribution in [2.24, 2.45) is 0 Å². The van der Waals surface area contributed by atoms with Crippen LogP contribution in [0.25, 0.3) is 0 Å². The van der Waals surface area contributed by atoms with Crippen molar-refractivity contribution in [1.29, 1.82) is 0 Å². The summed E-state index contributed by atoms with van der Waals surface area (Å²) in [5.74, 6) is -0.341. The zero-order chi connectivity index (χ0) is 23.5. The van der Waals surface area contributed by atoms with Gasteiger partial charge in [0.05, 0.1) is 39.4 Å². The van der Waals surface area contributed by atoms with Gasteiger partial charge in [-0.05, 0) is 37.1 Å². The molecule has 2 aromatic rings. The number of halogens is 1. The van der Waals surface area contributed by atoms with Crippen molar-refractivity contribution in [2.45, 2.75) is 32.0 Å². The molecule has 0 bridgehead atoms. The highest BCUT2D eigenvalue weighted by molar-refractivity contribution is 7.18. The molecule has 0 saturated carbocycles. The number of hydrogen-bond donors (Lipinski definition) is 1. The van der Waals surface area contributed by atoms with Crippen LogP contribution in [0.5, 0.6) is 0 Å². The van der Waals surface area contributed by atoms with Gasteiger partial charge in [-0.2, -0.15) is 0 Å². The number of methoxy groups -OCH3 is 1. The van der Waals surface area contributed by atoms with Gasteiger partial charge in [0, 0.05) is 31.6 Å². The van der Waals surface area contributed by atoms with Crippen molar-refractivity contribution in [1.82, 2.24) is 15.3 Å². The molecule has 0 aromatic carbocycles. The minimum Gasteiger partial charge on any atom is -0.433 e. The van der Waals surface area contributed by atoms with Crippen LogP contribution in [0.3, 0.4) is 0 Å². The minimum absolute atomic E-state index is 0.106. The van der Waals surface area contributed by atoms with Gasteiger partial charge in [-0.15, -0.1) is 27.7 Å². The summed E-state index contributed by atoms with van der Waals surface area (Å²) in [6, 6.07) is 4.88. The van der Waals surface area contributed by atoms with Gasteiger partial charge in [-0.25, -0.2) is 4.79 Å². The van der Waals surface area contributed by atoms with Crippen molar-refractivity contribution in [3.05, 3.63) is 42.7 Å². The van der Waals surface area contributed by atoms with Gasteiger partial charge in [0.15, 0.2) is 0 Å². The Hall–Kier alpha value is -2.18. The summed E-state index contributed by atoms with van der Waals surface area (Å²) in [6.45, 7) is 3.63. The highest BCUT2D eigenvalue weighted by Gasteiger charge is 2.38. The molecule has 1 fully saturated rings. The van der Waals surface area contributed by atoms with E-state index >= 15 is 0 Å². The lowest BCUT2D eigenvalue weighted by Crippen LogP contribution is -2.43. The average molecular weight is 514 g/mol. The Morgan fingerprint density at radius 2 is 2.03 bits per heavy atom. The van der Waals surface area contributed by atoms with E-state index in [1.54, 1.807) is 36.1 Å². The molecule has 2 aliphatic heterocycles. The molecule has 33 heavy (non-hydrogen) atoms. The van der Waals surface area contributed by atoms with Crippen LogP contribution in [0.4, 0.5) is 4.79 Å². The van der Waals surface area contributed by atoms with E-state index < -0.39 is 6.16 Å². The van der Waals surface area contributed by atoms with E-state index in [-0.39, 0.29) is 30.6 Å². The number of ether oxygens (including phenoxy) is 2. The fraction of sp³-hybridized carbons (Fsp3) is 0.476. The molecule has 2 aromatic heterocycles. The molecule has 9 nitrogen and oxygen atoms in total. The van der Waals surface area contributed by atoms with Gasteiger partial charge >= 0.3 is 6.16 Å². The summed E-state index contributed by atoms with van der Waals surface area (Å²) < 4.78 is 10.9. The number of carbonyl (C=O) groups is 3. The molecule has 0 radical (unpaired) electrons. The molecule has 1 N–H and O–H groups in total. The molecule has 0 aliphatic carbocycles. The Morgan fingerprint density at radius 1 is 1.21 bits per heavy atom. The maximum atomic E-state index is 13.2. The normalized spacial score (nSPS) is 20.4. The van der Waals surface area contributed by atoms with Crippen LogP contribution in [0.15, 0.2) is 18.2 Å². The Morgan fingerprint density at radius 3 is 2.73 bits per heavy atom. The molecule has 0 spiro atoms. The van der Waals surface area contributed by atoms with Crippen LogP contribution in [0.2, 0.25) is 4.34 Å². The van der Waals surface area contributed by atoms with Crippen LogP contribution >= 0.6 is 34.3 Å². The number of nitrogens with one attached hydrogen (secondary N) is 1. The third-order valence-corrected chi connectivity index (χ3v) is 7.93. The Bertz CT molecular complexity index is 1040. The first-order valence-corrected chi connectivity index (χ1v) is 12.5. The van der Waals surface area contributed by atoms with E-state index in [2.05, 4.69) is 5.32 Å². The largest absolute Gasteiger partial charge is 0.527 e. The smallest absolute Gasteiger partial charge is 0.433 e. The van der Waals surface area contributed by atoms with Gasteiger partial charge in [0.25, 0.3) is 11.8 Å². The summed E-state index contributed by atoms with van der Waals surface area (Å²) in [5.41, 5.74) is 0.959. The summed E-state index contributed by atoms with van der Waals surface area (Å²) in [7, 11) is 1.57. The quantitative estimate of drug-likeness (QED) is 0.592. The van der Waals surface area contributed by atoms with Crippen molar-refractivity contribution in [2.75, 3.05) is 33.4 Å². The number of carbonyl (C=O) groups excluding carboxylic acids is 3. The fourth-order valence-corrected chi connectivity index (χ4v) is 5.97. The first-order chi connectivity index (χ1) is 15.9. The van der Waals surface area contributed by atoms with Crippen molar-refractivity contribution in [3.8, 4) is 0 Å². The molecular weight excluding hydrogens is 490 g/mol. The number of thiophene rings is 2. The Balaban J connectivity index is 1.39. The summed E-state index contributed by atoms with van der Waals surface area (Å²) >= 11 is 8.59. The number of hydrogen-bond acceptors (Lipinski definition) is 9. The number of rotatable bonds is 6. The highest BCUT2D eigenvalue weighted by atomic mass is 35.5. The molecule has 1 saturated heterocycles. The lowest BCUT2D eigenvalue weighted by atomic mass is 10.1. The third-order valence-electron chi connectivity index (χ3n) is 5.48. The number of fused-ring (bicyclic) bond motifs is 1. The van der Waals surface area contributed by atoms with Gasteiger partial charge in [0.1, 0.15) is 0 Å². The zero-order valence-electron chi connectivity index (χ0n) is 18.2. The van der Waals surface area contributed by atoms with Gasteiger partial charge in [0.2, 0.25) is 0 Å². The SMILES string of the molecule is CCOC(=O)ON1CCc2sc(C(=O)N3C[C@H](NC(=O)c4ccc(Cl)s4)[C@@H](OC)C3)cc2C1. The van der Waals surface area contributed by atoms with E-state index in [1.807, 2.05) is 6.07 Å². The number of nitrogens with zero attached hydrogens (tertiary/aromatic N) is 2. The third kappa shape index (κ3) is 5.49. The van der Waals surface area contributed by atoms with Crippen LogP contribution in [-0.2, 0) is 27.3 Å². The van der Waals surface area contributed by atoms with E-state index in [0.717, 1.165) is 10.4 Å². The zero-order valence-corrected chi connectivity index (χ0v) is 20.6. The second kappa shape index (κ2) is 10.4. The molecule has 2 aliphatic rings. The predicted molar refractivity (Wildman–Crippen MR) is 124 cm³/mol. The molecular formula is C21H24ClN3O6S2. The van der Waals surface area contributed by atoms with Gasteiger partial charge in [-0.1, -0.05) is 11.6 Å².